The highest BCUT2D eigenvalue weighted by atomic mass is 16.3. The maximum Gasteiger partial charge on any atom is 0.243 e. The molecule has 0 spiro atoms. The number of Topliss-reactive ketones (excluding diaryl/α,β-unsaturated/α-hetero) is 3. The number of aromatic nitrogens is 1. The van der Waals surface area contributed by atoms with Crippen LogP contribution < -0.4 is 71.2 Å². The van der Waals surface area contributed by atoms with Crippen LogP contribution in [0.15, 0.2) is 60.8 Å². The Kier molecular flexibility index (Phi) is 34.4. The summed E-state index contributed by atoms with van der Waals surface area (Å²) in [4.78, 5) is 161. The second kappa shape index (κ2) is 41.2. The number of nitrogens with one attached hydrogen (secondary N) is 9. The van der Waals surface area contributed by atoms with Crippen molar-refractivity contribution in [3.8, 4) is 0 Å². The highest BCUT2D eigenvalue weighted by Gasteiger charge is 2.38. The number of rotatable bonds is 33. The summed E-state index contributed by atoms with van der Waals surface area (Å²) in [6, 6.07) is 6.36. The highest BCUT2D eigenvalue weighted by molar-refractivity contribution is 5.99. The molecule has 0 unspecified atom stereocenters. The van der Waals surface area contributed by atoms with Crippen LogP contribution in [0.25, 0.3) is 10.9 Å². The molecule has 8 amide bonds. The molecule has 0 radical (unpaired) electrons. The maximum atomic E-state index is 14.9. The molecule has 1 fully saturated rings. The third-order valence-corrected chi connectivity index (χ3v) is 16.6. The van der Waals surface area contributed by atoms with Gasteiger partial charge in [0.25, 0.3) is 0 Å². The van der Waals surface area contributed by atoms with Crippen molar-refractivity contribution in [2.45, 2.75) is 198 Å². The number of nitrogens with two attached hydrogens (primary N) is 5. The van der Waals surface area contributed by atoms with Crippen molar-refractivity contribution in [1.82, 2.24) is 47.5 Å². The molecule has 3 aromatic rings. The highest BCUT2D eigenvalue weighted by Crippen LogP contribution is 2.22. The van der Waals surface area contributed by atoms with Gasteiger partial charge in [-0.25, -0.2) is 0 Å². The van der Waals surface area contributed by atoms with Crippen LogP contribution in [0.4, 0.5) is 0 Å². The number of hydrogen-bond donors (Lipinski definition) is 15. The van der Waals surface area contributed by atoms with Gasteiger partial charge in [-0.2, -0.15) is 0 Å². The molecule has 4 rings (SSSR count). The van der Waals surface area contributed by atoms with E-state index in [0.29, 0.717) is 17.5 Å². The lowest BCUT2D eigenvalue weighted by molar-refractivity contribution is -0.137. The zero-order valence-electron chi connectivity index (χ0n) is 54.2. The molecule has 92 heavy (non-hydrogen) atoms. The van der Waals surface area contributed by atoms with Gasteiger partial charge < -0.3 is 81.3 Å². The van der Waals surface area contributed by atoms with Crippen LogP contribution in [0.5, 0.6) is 0 Å². The minimum absolute atomic E-state index is 0.0665. The van der Waals surface area contributed by atoms with Gasteiger partial charge in [0.05, 0.1) is 12.1 Å². The zero-order valence-corrected chi connectivity index (χ0v) is 54.2. The monoisotopic (exact) mass is 1280 g/mol. The second-order valence-corrected chi connectivity index (χ2v) is 24.6. The van der Waals surface area contributed by atoms with Crippen LogP contribution >= 0.6 is 0 Å². The Morgan fingerprint density at radius 3 is 1.75 bits per heavy atom. The van der Waals surface area contributed by atoms with Crippen molar-refractivity contribution >= 4 is 75.5 Å². The molecule has 1 aliphatic heterocycles. The number of aliphatic hydroxyl groups is 1. The number of aliphatic hydroxyl groups excluding tert-OH is 1. The molecule has 26 nitrogen and oxygen atoms in total. The molecule has 1 aromatic heterocycles. The quantitative estimate of drug-likeness (QED) is 0.0370. The Morgan fingerprint density at radius 1 is 0.598 bits per heavy atom. The summed E-state index contributed by atoms with van der Waals surface area (Å²) in [5.41, 5.74) is 32.0. The molecule has 2 heterocycles. The molecule has 0 aliphatic carbocycles. The van der Waals surface area contributed by atoms with Crippen LogP contribution in [-0.2, 0) is 65.6 Å². The van der Waals surface area contributed by atoms with Gasteiger partial charge in [-0.1, -0.05) is 101 Å². The first-order chi connectivity index (χ1) is 44.1. The number of H-pyrrole nitrogens is 1. The Hall–Kier alpha value is -7.49. The number of amides is 8. The summed E-state index contributed by atoms with van der Waals surface area (Å²) in [6.45, 7) is 6.37. The van der Waals surface area contributed by atoms with Crippen LogP contribution in [0.2, 0.25) is 0 Å². The molecule has 20 N–H and O–H groups in total. The minimum Gasteiger partial charge on any atom is -0.391 e. The van der Waals surface area contributed by atoms with E-state index >= 15 is 0 Å². The number of carbonyl (C=O) groups excluding carboxylic acids is 11. The van der Waals surface area contributed by atoms with Crippen molar-refractivity contribution in [3.63, 3.8) is 0 Å². The molecular weight excluding hydrogens is 1180 g/mol. The Labute approximate surface area is 540 Å². The third-order valence-electron chi connectivity index (χ3n) is 16.6. The van der Waals surface area contributed by atoms with E-state index in [-0.39, 0.29) is 122 Å². The molecule has 1 saturated heterocycles. The van der Waals surface area contributed by atoms with Gasteiger partial charge in [0.2, 0.25) is 47.3 Å². The Bertz CT molecular complexity index is 2870. The number of para-hydroxylation sites is 1. The van der Waals surface area contributed by atoms with E-state index in [1.165, 1.54) is 6.92 Å². The molecule has 0 bridgehead atoms. The zero-order chi connectivity index (χ0) is 67.7. The first kappa shape index (κ1) is 77.0. The van der Waals surface area contributed by atoms with Crippen LogP contribution in [0.3, 0.4) is 0 Å². The topological polar surface area (TPSA) is 450 Å². The summed E-state index contributed by atoms with van der Waals surface area (Å²) < 4.78 is 0. The average Bonchev–Trinajstić information content (AvgIpc) is 1.66. The standard InChI is InChI=1S/C66H104N14O12/c1-5-6-7-8-9-13-18-47(82)35-43(21-27-67)61(87)80-58(41(4)81)57(84)38-45(23-29-69)59(85)74-50-26-32-72-62(88)55(36-46-39-73-49-20-15-14-19-48(46)49)79-64(90)52(25-31-71)75-63(89)51(24-30-70)76-65(91)53(33-40(2)3)78-66(92)54(34-42-16-11-10-12-17-42)77-60(86)44(22-28-68)37-56(50)83/h10-12,14-17,19-20,39-41,43-45,50-55,58,73,81H,5-9,13,18,21-38,67-71H2,1-4H3,(H,72,88)(H,74,85)(H,75,89)(H,76,91)(H,77,86)(H,78,92)(H,79,90)(H,80,87)/t41-,43-,44-,45-,50+,51+,52+,53+,54-,55+,58+/m1/s1. The van der Waals surface area contributed by atoms with Gasteiger partial charge in [-0.05, 0) is 114 Å². The molecule has 2 aromatic carbocycles. The number of hydrogen-bond acceptors (Lipinski definition) is 17. The van der Waals surface area contributed by atoms with Gasteiger partial charge in [-0.3, -0.25) is 52.7 Å². The van der Waals surface area contributed by atoms with Crippen LogP contribution in [0.1, 0.15) is 148 Å². The number of aromatic amines is 1. The summed E-state index contributed by atoms with van der Waals surface area (Å²) in [7, 11) is 0. The van der Waals surface area contributed by atoms with Crippen molar-refractivity contribution < 1.29 is 57.8 Å². The van der Waals surface area contributed by atoms with Gasteiger partial charge in [0.1, 0.15) is 42.0 Å². The lowest BCUT2D eigenvalue weighted by Gasteiger charge is -2.28. The average molecular weight is 1290 g/mol. The first-order valence-electron chi connectivity index (χ1n) is 32.8. The maximum absolute atomic E-state index is 14.9. The molecule has 11 atom stereocenters. The van der Waals surface area contributed by atoms with Crippen molar-refractivity contribution in [2.24, 2.45) is 52.3 Å². The molecule has 0 saturated carbocycles. The SMILES string of the molecule is CCCCCCCCC(=O)C[C@@H](CCN)C(=O)N[C@H](C(=O)C[C@@H](CCN)C(=O)N[C@H]1CCNC(=O)[C@H](Cc2c[nH]c3ccccc23)NC(=O)[C@H](CCN)NC(=O)[C@H](CCN)NC(=O)[C@H](CC(C)C)NC(=O)[C@@H](Cc2ccccc2)NC(=O)[C@H](CCN)CC1=O)[C@@H](C)O. The predicted molar refractivity (Wildman–Crippen MR) is 350 cm³/mol. The van der Waals surface area contributed by atoms with Gasteiger partial charge in [-0.15, -0.1) is 0 Å². The molecular formula is C66H104N14O12. The van der Waals surface area contributed by atoms with Gasteiger partial charge in [0.15, 0.2) is 11.6 Å². The van der Waals surface area contributed by atoms with Gasteiger partial charge >= 0.3 is 0 Å². The van der Waals surface area contributed by atoms with Crippen LogP contribution in [-0.4, -0.2) is 162 Å². The van der Waals surface area contributed by atoms with E-state index in [1.807, 2.05) is 32.0 Å². The predicted octanol–water partition coefficient (Wildman–Crippen LogP) is 0.514. The first-order valence-corrected chi connectivity index (χ1v) is 32.8. The number of carbonyl (C=O) groups is 11. The number of fused-ring (bicyclic) bond motifs is 1. The minimum atomic E-state index is -1.53. The summed E-state index contributed by atoms with van der Waals surface area (Å²) >= 11 is 0. The summed E-state index contributed by atoms with van der Waals surface area (Å²) in [6.07, 6.45) is 4.37. The Morgan fingerprint density at radius 2 is 1.14 bits per heavy atom. The smallest absolute Gasteiger partial charge is 0.243 e. The van der Waals surface area contributed by atoms with Crippen LogP contribution in [0, 0.1) is 23.7 Å². The summed E-state index contributed by atoms with van der Waals surface area (Å²) in [5.74, 6) is -11.3. The largest absolute Gasteiger partial charge is 0.391 e. The molecule has 510 valence electrons. The Balaban J connectivity index is 1.77. The van der Waals surface area contributed by atoms with E-state index in [1.54, 1.807) is 42.6 Å². The van der Waals surface area contributed by atoms with E-state index in [4.69, 9.17) is 28.7 Å². The van der Waals surface area contributed by atoms with E-state index in [0.717, 1.165) is 43.0 Å². The van der Waals surface area contributed by atoms with E-state index in [2.05, 4.69) is 54.4 Å². The molecule has 26 heteroatoms. The van der Waals surface area contributed by atoms with Crippen molar-refractivity contribution in [1.29, 1.82) is 0 Å². The fraction of sp³-hybridized carbons (Fsp3) is 0.621. The van der Waals surface area contributed by atoms with E-state index < -0.39 is 138 Å². The fourth-order valence-corrected chi connectivity index (χ4v) is 11.4. The number of benzene rings is 2. The fourth-order valence-electron chi connectivity index (χ4n) is 11.4. The second-order valence-electron chi connectivity index (χ2n) is 24.6. The number of ketones is 3. The van der Waals surface area contributed by atoms with Gasteiger partial charge in [0, 0.05) is 79.9 Å². The number of unbranched alkanes of at least 4 members (excludes halogenated alkanes) is 5. The summed E-state index contributed by atoms with van der Waals surface area (Å²) in [5, 5.41) is 33.6. The normalized spacial score (nSPS) is 21.6. The van der Waals surface area contributed by atoms with Crippen molar-refractivity contribution in [2.75, 3.05) is 39.3 Å². The lowest BCUT2D eigenvalue weighted by atomic mass is 9.90. The lowest BCUT2D eigenvalue weighted by Crippen LogP contribution is -2.60. The van der Waals surface area contributed by atoms with E-state index in [9.17, 15) is 57.8 Å². The third kappa shape index (κ3) is 25.9. The van der Waals surface area contributed by atoms with Crippen molar-refractivity contribution in [3.05, 3.63) is 71.9 Å². The molecule has 1 aliphatic rings.